The zero-order valence-corrected chi connectivity index (χ0v) is 9.66. The van der Waals surface area contributed by atoms with Crippen LogP contribution in [0.25, 0.3) is 0 Å². The fraction of sp³-hybridized carbons (Fsp3) is 0.364. The number of carbonyl (C=O) groups is 1. The largest absolute Gasteiger partial charge is 0.493 e. The molecule has 2 N–H and O–H groups in total. The number of rotatable bonds is 5. The molecule has 0 spiro atoms. The molecule has 0 bridgehead atoms. The van der Waals surface area contributed by atoms with Gasteiger partial charge >= 0.3 is 0 Å². The Morgan fingerprint density at radius 1 is 1.25 bits per heavy atom. The van der Waals surface area contributed by atoms with E-state index in [0.29, 0.717) is 17.2 Å². The van der Waals surface area contributed by atoms with Gasteiger partial charge in [0.05, 0.1) is 20.8 Å². The molecule has 0 aliphatic rings. The van der Waals surface area contributed by atoms with Crippen LogP contribution in [0.15, 0.2) is 18.2 Å². The number of likely N-dealkylation sites (N-methyl/N-ethyl adjacent to an activating group) is 1. The van der Waals surface area contributed by atoms with E-state index >= 15 is 0 Å². The van der Waals surface area contributed by atoms with E-state index in [9.17, 15) is 4.79 Å². The lowest BCUT2D eigenvalue weighted by molar-refractivity contribution is -0.115. The Kier molecular flexibility index (Phi) is 4.60. The summed E-state index contributed by atoms with van der Waals surface area (Å²) in [5, 5.41) is 5.50. The summed E-state index contributed by atoms with van der Waals surface area (Å²) in [5.41, 5.74) is 0.679. The number of benzene rings is 1. The lowest BCUT2D eigenvalue weighted by atomic mass is 10.2. The zero-order valence-electron chi connectivity index (χ0n) is 9.66. The van der Waals surface area contributed by atoms with Gasteiger partial charge in [-0.1, -0.05) is 0 Å². The topological polar surface area (TPSA) is 59.6 Å². The Bertz CT molecular complexity index is 366. The highest BCUT2D eigenvalue weighted by molar-refractivity contribution is 5.92. The average Bonchev–Trinajstić information content (AvgIpc) is 2.29. The number of ether oxygens (including phenoxy) is 2. The minimum atomic E-state index is -0.102. The van der Waals surface area contributed by atoms with Crippen LogP contribution in [0.5, 0.6) is 11.5 Å². The number of carbonyl (C=O) groups excluding carboxylic acids is 1. The first-order valence-electron chi connectivity index (χ1n) is 4.87. The minimum Gasteiger partial charge on any atom is -0.493 e. The molecular weight excluding hydrogens is 208 g/mol. The number of hydrogen-bond donors (Lipinski definition) is 2. The first-order valence-corrected chi connectivity index (χ1v) is 4.87. The molecule has 1 rings (SSSR count). The molecule has 1 aromatic rings. The van der Waals surface area contributed by atoms with Crippen molar-refractivity contribution in [1.82, 2.24) is 5.32 Å². The average molecular weight is 224 g/mol. The summed E-state index contributed by atoms with van der Waals surface area (Å²) in [4.78, 5) is 11.3. The fourth-order valence-corrected chi connectivity index (χ4v) is 1.28. The molecule has 0 aliphatic heterocycles. The van der Waals surface area contributed by atoms with Crippen molar-refractivity contribution >= 4 is 11.6 Å². The highest BCUT2D eigenvalue weighted by Crippen LogP contribution is 2.29. The summed E-state index contributed by atoms with van der Waals surface area (Å²) in [5.74, 6) is 1.12. The third kappa shape index (κ3) is 3.13. The molecule has 0 atom stereocenters. The van der Waals surface area contributed by atoms with Crippen LogP contribution < -0.4 is 20.1 Å². The van der Waals surface area contributed by atoms with E-state index in [2.05, 4.69) is 10.6 Å². The first kappa shape index (κ1) is 12.3. The maximum Gasteiger partial charge on any atom is 0.238 e. The standard InChI is InChI=1S/C11H16N2O3/c1-12-7-11(14)13-8-4-5-9(15-2)10(6-8)16-3/h4-6,12H,7H2,1-3H3,(H,13,14). The van der Waals surface area contributed by atoms with Crippen molar-refractivity contribution in [3.63, 3.8) is 0 Å². The summed E-state index contributed by atoms with van der Waals surface area (Å²) in [6.07, 6.45) is 0. The Morgan fingerprint density at radius 2 is 1.94 bits per heavy atom. The highest BCUT2D eigenvalue weighted by Gasteiger charge is 2.06. The molecule has 0 unspecified atom stereocenters. The van der Waals surface area contributed by atoms with Gasteiger partial charge in [0, 0.05) is 11.8 Å². The van der Waals surface area contributed by atoms with E-state index in [1.165, 1.54) is 0 Å². The van der Waals surface area contributed by atoms with Crippen LogP contribution in [0.1, 0.15) is 0 Å². The van der Waals surface area contributed by atoms with Crippen LogP contribution >= 0.6 is 0 Å². The van der Waals surface area contributed by atoms with Crippen LogP contribution in [0.4, 0.5) is 5.69 Å². The van der Waals surface area contributed by atoms with Crippen molar-refractivity contribution < 1.29 is 14.3 Å². The normalized spacial score (nSPS) is 9.69. The highest BCUT2D eigenvalue weighted by atomic mass is 16.5. The number of nitrogens with one attached hydrogen (secondary N) is 2. The van der Waals surface area contributed by atoms with E-state index in [-0.39, 0.29) is 12.5 Å². The molecule has 0 fully saturated rings. The van der Waals surface area contributed by atoms with Crippen LogP contribution in [0, 0.1) is 0 Å². The minimum absolute atomic E-state index is 0.102. The maximum absolute atomic E-state index is 11.3. The van der Waals surface area contributed by atoms with Crippen molar-refractivity contribution in [2.45, 2.75) is 0 Å². The third-order valence-electron chi connectivity index (χ3n) is 2.00. The van der Waals surface area contributed by atoms with Gasteiger partial charge in [0.1, 0.15) is 0 Å². The molecule has 5 heteroatoms. The summed E-state index contributed by atoms with van der Waals surface area (Å²) < 4.78 is 10.2. The summed E-state index contributed by atoms with van der Waals surface area (Å²) in [6, 6.07) is 5.22. The molecule has 0 saturated heterocycles. The number of anilines is 1. The van der Waals surface area contributed by atoms with Gasteiger partial charge in [-0.2, -0.15) is 0 Å². The predicted octanol–water partition coefficient (Wildman–Crippen LogP) is 0.862. The van der Waals surface area contributed by atoms with Gasteiger partial charge in [-0.05, 0) is 19.2 Å². The molecule has 88 valence electrons. The quantitative estimate of drug-likeness (QED) is 0.779. The number of hydrogen-bond acceptors (Lipinski definition) is 4. The lowest BCUT2D eigenvalue weighted by Gasteiger charge is -2.10. The molecule has 16 heavy (non-hydrogen) atoms. The van der Waals surface area contributed by atoms with E-state index in [1.54, 1.807) is 39.5 Å². The third-order valence-corrected chi connectivity index (χ3v) is 2.00. The van der Waals surface area contributed by atoms with E-state index in [1.807, 2.05) is 0 Å². The van der Waals surface area contributed by atoms with E-state index in [0.717, 1.165) is 0 Å². The Morgan fingerprint density at radius 3 is 2.50 bits per heavy atom. The second-order valence-corrected chi connectivity index (χ2v) is 3.15. The van der Waals surface area contributed by atoms with Gasteiger partial charge in [0.15, 0.2) is 11.5 Å². The molecule has 0 aromatic heterocycles. The zero-order chi connectivity index (χ0) is 12.0. The van der Waals surface area contributed by atoms with Crippen molar-refractivity contribution in [3.8, 4) is 11.5 Å². The van der Waals surface area contributed by atoms with Crippen LogP contribution in [0.3, 0.4) is 0 Å². The van der Waals surface area contributed by atoms with E-state index < -0.39 is 0 Å². The Balaban J connectivity index is 2.78. The lowest BCUT2D eigenvalue weighted by Crippen LogP contribution is -2.25. The molecule has 1 amide bonds. The molecule has 1 aromatic carbocycles. The summed E-state index contributed by atoms with van der Waals surface area (Å²) >= 11 is 0. The SMILES string of the molecule is CNCC(=O)Nc1ccc(OC)c(OC)c1. The molecule has 0 aliphatic carbocycles. The van der Waals surface area contributed by atoms with Gasteiger partial charge in [0.2, 0.25) is 5.91 Å². The monoisotopic (exact) mass is 224 g/mol. The predicted molar refractivity (Wildman–Crippen MR) is 62.1 cm³/mol. The van der Waals surface area contributed by atoms with Gasteiger partial charge in [-0.25, -0.2) is 0 Å². The Hall–Kier alpha value is -1.75. The van der Waals surface area contributed by atoms with Gasteiger partial charge in [-0.15, -0.1) is 0 Å². The molecule has 0 heterocycles. The summed E-state index contributed by atoms with van der Waals surface area (Å²) in [7, 11) is 4.84. The second-order valence-electron chi connectivity index (χ2n) is 3.15. The first-order chi connectivity index (χ1) is 7.71. The number of amides is 1. The van der Waals surface area contributed by atoms with Crippen molar-refractivity contribution in [1.29, 1.82) is 0 Å². The molecule has 0 radical (unpaired) electrons. The van der Waals surface area contributed by atoms with Crippen LogP contribution in [0.2, 0.25) is 0 Å². The molecule has 0 saturated carbocycles. The van der Waals surface area contributed by atoms with Crippen molar-refractivity contribution in [2.24, 2.45) is 0 Å². The van der Waals surface area contributed by atoms with Gasteiger partial charge < -0.3 is 20.1 Å². The summed E-state index contributed by atoms with van der Waals surface area (Å²) in [6.45, 7) is 0.272. The van der Waals surface area contributed by atoms with Gasteiger partial charge in [-0.3, -0.25) is 4.79 Å². The van der Waals surface area contributed by atoms with Crippen molar-refractivity contribution in [2.75, 3.05) is 33.1 Å². The molecular formula is C11H16N2O3. The van der Waals surface area contributed by atoms with Crippen molar-refractivity contribution in [3.05, 3.63) is 18.2 Å². The van der Waals surface area contributed by atoms with Crippen LogP contribution in [-0.2, 0) is 4.79 Å². The molecule has 5 nitrogen and oxygen atoms in total. The van der Waals surface area contributed by atoms with Gasteiger partial charge in [0.25, 0.3) is 0 Å². The van der Waals surface area contributed by atoms with Crippen LogP contribution in [-0.4, -0.2) is 33.7 Å². The fourth-order valence-electron chi connectivity index (χ4n) is 1.28. The number of methoxy groups -OCH3 is 2. The Labute approximate surface area is 94.7 Å². The van der Waals surface area contributed by atoms with E-state index in [4.69, 9.17) is 9.47 Å². The second kappa shape index (κ2) is 5.97. The maximum atomic E-state index is 11.3. The smallest absolute Gasteiger partial charge is 0.238 e.